The first kappa shape index (κ1) is 13.1. The lowest BCUT2D eigenvalue weighted by atomic mass is 9.96. The highest BCUT2D eigenvalue weighted by molar-refractivity contribution is 7.98. The molecule has 0 bridgehead atoms. The molecule has 0 fully saturated rings. The molecule has 2 aromatic rings. The van der Waals surface area contributed by atoms with Crippen LogP contribution in [0.4, 0.5) is 0 Å². The quantitative estimate of drug-likeness (QED) is 0.785. The number of aldehydes is 1. The van der Waals surface area contributed by atoms with Gasteiger partial charge in [0.2, 0.25) is 0 Å². The smallest absolute Gasteiger partial charge is 0.194 e. The number of hydrogen-bond donors (Lipinski definition) is 0. The predicted molar refractivity (Wildman–Crippen MR) is 80.4 cm³/mol. The summed E-state index contributed by atoms with van der Waals surface area (Å²) in [6, 6.07) is 13.4. The van der Waals surface area contributed by atoms with E-state index in [4.69, 9.17) is 0 Å². The summed E-state index contributed by atoms with van der Waals surface area (Å²) in [4.78, 5) is 24.5. The fourth-order valence-electron chi connectivity index (χ4n) is 2.38. The molecule has 1 atom stereocenters. The molecule has 0 spiro atoms. The number of rotatable bonds is 2. The third-order valence-corrected chi connectivity index (χ3v) is 4.73. The predicted octanol–water partition coefficient (Wildman–Crippen LogP) is 3.83. The average Bonchev–Trinajstić information content (AvgIpc) is 2.64. The molecule has 0 aliphatic carbocycles. The van der Waals surface area contributed by atoms with Crippen LogP contribution in [0.25, 0.3) is 0 Å². The molecule has 0 amide bonds. The fraction of sp³-hybridized carbons (Fsp3) is 0.176. The molecule has 0 saturated heterocycles. The summed E-state index contributed by atoms with van der Waals surface area (Å²) in [5, 5.41) is 0. The first-order valence-corrected chi connectivity index (χ1v) is 7.54. The molecule has 3 rings (SSSR count). The number of carbonyl (C=O) groups excluding carboxylic acids is 2. The number of hydrogen-bond acceptors (Lipinski definition) is 3. The van der Waals surface area contributed by atoms with E-state index in [1.165, 1.54) is 0 Å². The maximum absolute atomic E-state index is 12.6. The van der Waals surface area contributed by atoms with Crippen LogP contribution in [0, 0.1) is 0 Å². The molecule has 1 heterocycles. The number of carbonyl (C=O) groups is 2. The van der Waals surface area contributed by atoms with Crippen molar-refractivity contribution in [3.63, 3.8) is 0 Å². The van der Waals surface area contributed by atoms with Crippen molar-refractivity contribution in [2.45, 2.75) is 23.5 Å². The second-order valence-electron chi connectivity index (χ2n) is 4.96. The monoisotopic (exact) mass is 282 g/mol. The molecular formula is C17H14O2S. The van der Waals surface area contributed by atoms with Crippen LogP contribution >= 0.6 is 11.8 Å². The van der Waals surface area contributed by atoms with Gasteiger partial charge in [-0.05, 0) is 23.3 Å². The zero-order valence-electron chi connectivity index (χ0n) is 11.1. The minimum absolute atomic E-state index is 0.0749. The van der Waals surface area contributed by atoms with E-state index in [1.807, 2.05) is 49.4 Å². The lowest BCUT2D eigenvalue weighted by molar-refractivity contribution is -0.108. The Labute approximate surface area is 122 Å². The van der Waals surface area contributed by atoms with Crippen molar-refractivity contribution in [1.82, 2.24) is 0 Å². The van der Waals surface area contributed by atoms with Gasteiger partial charge in [-0.2, -0.15) is 0 Å². The SMILES string of the molecule is CC(C=O)c1ccc2c(c1)SCc1ccccc1C2=O. The van der Waals surface area contributed by atoms with Gasteiger partial charge in [-0.25, -0.2) is 0 Å². The van der Waals surface area contributed by atoms with Gasteiger partial charge in [0.15, 0.2) is 5.78 Å². The molecule has 2 aromatic carbocycles. The molecule has 2 nitrogen and oxygen atoms in total. The van der Waals surface area contributed by atoms with Gasteiger partial charge < -0.3 is 4.79 Å². The van der Waals surface area contributed by atoms with E-state index >= 15 is 0 Å². The van der Waals surface area contributed by atoms with Crippen molar-refractivity contribution in [1.29, 1.82) is 0 Å². The number of ketones is 1. The van der Waals surface area contributed by atoms with Gasteiger partial charge in [0.25, 0.3) is 0 Å². The molecule has 0 saturated carbocycles. The summed E-state index contributed by atoms with van der Waals surface area (Å²) in [5.74, 6) is 0.723. The van der Waals surface area contributed by atoms with Crippen LogP contribution < -0.4 is 0 Å². The molecule has 1 aliphatic heterocycles. The van der Waals surface area contributed by atoms with Gasteiger partial charge in [-0.1, -0.05) is 37.3 Å². The van der Waals surface area contributed by atoms with Crippen LogP contribution in [0.15, 0.2) is 47.4 Å². The first-order valence-electron chi connectivity index (χ1n) is 6.55. The Morgan fingerprint density at radius 2 is 1.95 bits per heavy atom. The van der Waals surface area contributed by atoms with Gasteiger partial charge >= 0.3 is 0 Å². The van der Waals surface area contributed by atoms with Crippen molar-refractivity contribution >= 4 is 23.8 Å². The fourth-order valence-corrected chi connectivity index (χ4v) is 3.47. The van der Waals surface area contributed by atoms with Crippen LogP contribution in [0.1, 0.15) is 39.9 Å². The third kappa shape index (κ3) is 2.18. The molecule has 1 unspecified atom stereocenters. The highest BCUT2D eigenvalue weighted by Crippen LogP contribution is 2.35. The van der Waals surface area contributed by atoms with Crippen molar-refractivity contribution in [3.05, 3.63) is 64.7 Å². The Balaban J connectivity index is 2.09. The van der Waals surface area contributed by atoms with Crippen LogP contribution in [0.3, 0.4) is 0 Å². The largest absolute Gasteiger partial charge is 0.303 e. The summed E-state index contributed by atoms with van der Waals surface area (Å²) in [7, 11) is 0. The van der Waals surface area contributed by atoms with E-state index in [9.17, 15) is 9.59 Å². The van der Waals surface area contributed by atoms with Gasteiger partial charge in [-0.3, -0.25) is 4.79 Å². The van der Waals surface area contributed by atoms with Crippen molar-refractivity contribution in [3.8, 4) is 0 Å². The lowest BCUT2D eigenvalue weighted by Crippen LogP contribution is -2.04. The standard InChI is InChI=1S/C17H14O2S/c1-11(9-18)12-6-7-15-16(8-12)20-10-13-4-2-3-5-14(13)17(15)19/h2-9,11H,10H2,1H3. The Morgan fingerprint density at radius 1 is 1.15 bits per heavy atom. The van der Waals surface area contributed by atoms with E-state index < -0.39 is 0 Å². The van der Waals surface area contributed by atoms with E-state index in [2.05, 4.69) is 0 Å². The van der Waals surface area contributed by atoms with E-state index in [-0.39, 0.29) is 11.7 Å². The topological polar surface area (TPSA) is 34.1 Å². The highest BCUT2D eigenvalue weighted by atomic mass is 32.2. The van der Waals surface area contributed by atoms with E-state index in [0.717, 1.165) is 39.2 Å². The zero-order chi connectivity index (χ0) is 14.1. The summed E-state index contributed by atoms with van der Waals surface area (Å²) in [6.07, 6.45) is 0.930. The van der Waals surface area contributed by atoms with Crippen LogP contribution in [-0.2, 0) is 10.5 Å². The van der Waals surface area contributed by atoms with Crippen molar-refractivity contribution in [2.75, 3.05) is 0 Å². The minimum Gasteiger partial charge on any atom is -0.303 e. The van der Waals surface area contributed by atoms with Gasteiger partial charge in [0.1, 0.15) is 6.29 Å². The minimum atomic E-state index is -0.137. The molecule has 3 heteroatoms. The summed E-state index contributed by atoms with van der Waals surface area (Å²) in [6.45, 7) is 1.87. The van der Waals surface area contributed by atoms with Gasteiger partial charge in [0, 0.05) is 27.7 Å². The number of benzene rings is 2. The Bertz CT molecular complexity index is 691. The summed E-state index contributed by atoms with van der Waals surface area (Å²) in [5.41, 5.74) is 3.56. The van der Waals surface area contributed by atoms with E-state index in [0.29, 0.717) is 0 Å². The first-order chi connectivity index (χ1) is 9.70. The van der Waals surface area contributed by atoms with Crippen molar-refractivity contribution in [2.24, 2.45) is 0 Å². The molecule has 0 aromatic heterocycles. The van der Waals surface area contributed by atoms with Crippen molar-refractivity contribution < 1.29 is 9.59 Å². The summed E-state index contributed by atoms with van der Waals surface area (Å²) < 4.78 is 0. The maximum Gasteiger partial charge on any atom is 0.194 e. The van der Waals surface area contributed by atoms with E-state index in [1.54, 1.807) is 11.8 Å². The molecular weight excluding hydrogens is 268 g/mol. The molecule has 0 N–H and O–H groups in total. The van der Waals surface area contributed by atoms with Crippen LogP contribution in [0.2, 0.25) is 0 Å². The average molecular weight is 282 g/mol. The zero-order valence-corrected chi connectivity index (χ0v) is 11.9. The molecule has 0 radical (unpaired) electrons. The molecule has 1 aliphatic rings. The third-order valence-electron chi connectivity index (χ3n) is 3.63. The summed E-state index contributed by atoms with van der Waals surface area (Å²) >= 11 is 1.66. The normalized spacial score (nSPS) is 14.9. The number of fused-ring (bicyclic) bond motifs is 2. The second-order valence-corrected chi connectivity index (χ2v) is 5.97. The lowest BCUT2D eigenvalue weighted by Gasteiger charge is -2.09. The molecule has 20 heavy (non-hydrogen) atoms. The van der Waals surface area contributed by atoms with Gasteiger partial charge in [0.05, 0.1) is 0 Å². The Morgan fingerprint density at radius 3 is 2.75 bits per heavy atom. The Hall–Kier alpha value is -1.87. The number of thioether (sulfide) groups is 1. The van der Waals surface area contributed by atoms with Gasteiger partial charge in [-0.15, -0.1) is 11.8 Å². The van der Waals surface area contributed by atoms with Crippen LogP contribution in [-0.4, -0.2) is 12.1 Å². The highest BCUT2D eigenvalue weighted by Gasteiger charge is 2.21. The maximum atomic E-state index is 12.6. The second kappa shape index (κ2) is 5.25. The van der Waals surface area contributed by atoms with Crippen LogP contribution in [0.5, 0.6) is 0 Å². The molecule has 100 valence electrons. The Kier molecular flexibility index (Phi) is 3.45.